The van der Waals surface area contributed by atoms with Gasteiger partial charge in [0, 0.05) is 11.1 Å². The van der Waals surface area contributed by atoms with Crippen molar-refractivity contribution in [1.82, 2.24) is 0 Å². The molecular formula is C38H43O3P. The molecule has 0 aliphatic carbocycles. The summed E-state index contributed by atoms with van der Waals surface area (Å²) in [5, 5.41) is 4.66. The Kier molecular flexibility index (Phi) is 7.90. The van der Waals surface area contributed by atoms with Crippen molar-refractivity contribution in [1.29, 1.82) is 0 Å². The molecule has 1 N–H and O–H groups in total. The van der Waals surface area contributed by atoms with Crippen LogP contribution in [0.5, 0.6) is 11.5 Å². The van der Waals surface area contributed by atoms with E-state index < -0.39 is 8.60 Å². The van der Waals surface area contributed by atoms with Gasteiger partial charge in [-0.1, -0.05) is 129 Å². The Bertz CT molecular complexity index is 1750. The van der Waals surface area contributed by atoms with Crippen LogP contribution >= 0.6 is 8.60 Å². The van der Waals surface area contributed by atoms with Crippen LogP contribution in [0.25, 0.3) is 32.7 Å². The first kappa shape index (κ1) is 30.1. The van der Waals surface area contributed by atoms with Crippen LogP contribution in [-0.4, -0.2) is 4.89 Å². The summed E-state index contributed by atoms with van der Waals surface area (Å²) < 4.78 is 12.5. The first-order valence-electron chi connectivity index (χ1n) is 14.7. The normalized spacial score (nSPS) is 13.4. The van der Waals surface area contributed by atoms with E-state index in [1.165, 1.54) is 21.9 Å². The van der Waals surface area contributed by atoms with Crippen molar-refractivity contribution in [2.24, 2.45) is 0 Å². The Morgan fingerprint density at radius 3 is 1.81 bits per heavy atom. The molecule has 0 radical (unpaired) electrons. The third-order valence-corrected chi connectivity index (χ3v) is 8.54. The molecule has 0 amide bonds. The number of hydrogen-bond donors (Lipinski definition) is 1. The lowest BCUT2D eigenvalue weighted by Gasteiger charge is -2.29. The maximum Gasteiger partial charge on any atom is 0.460 e. The maximum absolute atomic E-state index is 11.3. The van der Waals surface area contributed by atoms with Crippen LogP contribution in [0.4, 0.5) is 0 Å². The van der Waals surface area contributed by atoms with Gasteiger partial charge in [-0.05, 0) is 78.7 Å². The minimum absolute atomic E-state index is 0.0248. The fourth-order valence-corrected chi connectivity index (χ4v) is 6.12. The number of benzene rings is 5. The fourth-order valence-electron chi connectivity index (χ4n) is 5.44. The Labute approximate surface area is 252 Å². The van der Waals surface area contributed by atoms with Crippen LogP contribution in [0, 0.1) is 0 Å². The molecule has 0 saturated heterocycles. The van der Waals surface area contributed by atoms with Crippen LogP contribution in [0.1, 0.15) is 79.0 Å². The summed E-state index contributed by atoms with van der Waals surface area (Å²) >= 11 is 0. The van der Waals surface area contributed by atoms with Crippen molar-refractivity contribution in [2.45, 2.75) is 78.6 Å². The van der Waals surface area contributed by atoms with E-state index in [9.17, 15) is 4.89 Å². The summed E-state index contributed by atoms with van der Waals surface area (Å²) in [6, 6.07) is 31.4. The maximum atomic E-state index is 11.3. The second kappa shape index (κ2) is 11.0. The van der Waals surface area contributed by atoms with Gasteiger partial charge in [0.1, 0.15) is 11.5 Å². The quantitative estimate of drug-likeness (QED) is 0.211. The Balaban J connectivity index is 1.54. The van der Waals surface area contributed by atoms with Crippen molar-refractivity contribution in [2.75, 3.05) is 0 Å². The Hall–Kier alpha value is -3.39. The molecule has 218 valence electrons. The molecule has 0 aromatic heterocycles. The molecule has 1 atom stereocenters. The molecule has 0 spiro atoms. The molecule has 4 heteroatoms. The van der Waals surface area contributed by atoms with Gasteiger partial charge in [-0.15, -0.1) is 0 Å². The van der Waals surface area contributed by atoms with Gasteiger partial charge in [0.25, 0.3) is 0 Å². The topological polar surface area (TPSA) is 38.7 Å². The number of hydrogen-bond acceptors (Lipinski definition) is 3. The second-order valence-electron chi connectivity index (χ2n) is 14.3. The predicted molar refractivity (Wildman–Crippen MR) is 180 cm³/mol. The van der Waals surface area contributed by atoms with Crippen molar-refractivity contribution >= 4 is 30.1 Å². The summed E-state index contributed by atoms with van der Waals surface area (Å²) in [5.74, 6) is 1.24. The van der Waals surface area contributed by atoms with Crippen molar-refractivity contribution in [3.05, 3.63) is 108 Å². The van der Waals surface area contributed by atoms with Gasteiger partial charge in [-0.3, -0.25) is 0 Å². The molecule has 3 nitrogen and oxygen atoms in total. The Morgan fingerprint density at radius 1 is 0.524 bits per heavy atom. The van der Waals surface area contributed by atoms with E-state index in [1.807, 2.05) is 36.4 Å². The fraction of sp³-hybridized carbons (Fsp3) is 0.316. The summed E-state index contributed by atoms with van der Waals surface area (Å²) in [6.45, 7) is 20.0. The summed E-state index contributed by atoms with van der Waals surface area (Å²) in [4.78, 5) is 11.3. The molecule has 0 fully saturated rings. The predicted octanol–water partition coefficient (Wildman–Crippen LogP) is 11.2. The highest BCUT2D eigenvalue weighted by atomic mass is 31.2. The van der Waals surface area contributed by atoms with Gasteiger partial charge in [0.15, 0.2) is 0 Å². The highest BCUT2D eigenvalue weighted by Crippen LogP contribution is 2.46. The minimum atomic E-state index is -2.26. The SMILES string of the molecule is CC(C)(C)c1cc(C(C)(C)C)c2cc(OP(O)Oc3ccccc3-c3ccc4ccccc4c3)c(C(C)(C)C)cc2c1. The lowest BCUT2D eigenvalue weighted by atomic mass is 9.76. The molecule has 0 aliphatic rings. The molecular weight excluding hydrogens is 535 g/mol. The largest absolute Gasteiger partial charge is 0.460 e. The average Bonchev–Trinajstić information content (AvgIpc) is 2.90. The Morgan fingerprint density at radius 2 is 1.14 bits per heavy atom. The van der Waals surface area contributed by atoms with E-state index >= 15 is 0 Å². The molecule has 5 rings (SSSR count). The van der Waals surface area contributed by atoms with Crippen molar-refractivity contribution in [3.8, 4) is 22.6 Å². The van der Waals surface area contributed by atoms with Gasteiger partial charge in [0.05, 0.1) is 0 Å². The van der Waals surface area contributed by atoms with E-state index in [0.717, 1.165) is 27.5 Å². The highest BCUT2D eigenvalue weighted by molar-refractivity contribution is 7.41. The van der Waals surface area contributed by atoms with Gasteiger partial charge in [-0.25, -0.2) is 0 Å². The van der Waals surface area contributed by atoms with Gasteiger partial charge < -0.3 is 13.9 Å². The first-order valence-corrected chi connectivity index (χ1v) is 15.8. The third kappa shape index (κ3) is 6.33. The molecule has 5 aromatic carbocycles. The zero-order chi connectivity index (χ0) is 30.4. The summed E-state index contributed by atoms with van der Waals surface area (Å²) in [7, 11) is -2.26. The average molecular weight is 579 g/mol. The smallest absolute Gasteiger partial charge is 0.418 e. The molecule has 0 aliphatic heterocycles. The van der Waals surface area contributed by atoms with Crippen LogP contribution in [0.15, 0.2) is 91.0 Å². The monoisotopic (exact) mass is 578 g/mol. The standard InChI is InChI=1S/C38H43O3P/c1-36(2,3)29-21-28-22-33(38(7,8)9)35(24-31(28)32(23-29)37(4,5)6)41-42(39)40-34-17-13-12-16-30(34)27-19-18-25-14-10-11-15-26(25)20-27/h10-24,39H,1-9H3. The number of para-hydroxylation sites is 1. The number of fused-ring (bicyclic) bond motifs is 2. The molecule has 5 aromatic rings. The third-order valence-electron chi connectivity index (χ3n) is 7.84. The molecule has 42 heavy (non-hydrogen) atoms. The molecule has 0 saturated carbocycles. The van der Waals surface area contributed by atoms with E-state index in [2.05, 4.69) is 117 Å². The van der Waals surface area contributed by atoms with E-state index in [1.54, 1.807) is 0 Å². The number of rotatable bonds is 5. The van der Waals surface area contributed by atoms with Gasteiger partial charge in [-0.2, -0.15) is 0 Å². The molecule has 0 heterocycles. The first-order chi connectivity index (χ1) is 19.6. The van der Waals surface area contributed by atoms with Crippen molar-refractivity contribution < 1.29 is 13.9 Å². The lowest BCUT2D eigenvalue weighted by molar-refractivity contribution is 0.377. The van der Waals surface area contributed by atoms with Crippen LogP contribution in [0.2, 0.25) is 0 Å². The highest BCUT2D eigenvalue weighted by Gasteiger charge is 2.27. The zero-order valence-electron chi connectivity index (χ0n) is 26.4. The second-order valence-corrected chi connectivity index (χ2v) is 15.2. The summed E-state index contributed by atoms with van der Waals surface area (Å²) in [6.07, 6.45) is 0. The molecule has 1 unspecified atom stereocenters. The van der Waals surface area contributed by atoms with Crippen LogP contribution < -0.4 is 9.05 Å². The lowest BCUT2D eigenvalue weighted by Crippen LogP contribution is -2.18. The van der Waals surface area contributed by atoms with E-state index in [0.29, 0.717) is 11.5 Å². The van der Waals surface area contributed by atoms with E-state index in [-0.39, 0.29) is 16.2 Å². The van der Waals surface area contributed by atoms with Gasteiger partial charge >= 0.3 is 8.60 Å². The van der Waals surface area contributed by atoms with Crippen LogP contribution in [-0.2, 0) is 16.2 Å². The van der Waals surface area contributed by atoms with Crippen molar-refractivity contribution in [3.63, 3.8) is 0 Å². The molecule has 0 bridgehead atoms. The zero-order valence-corrected chi connectivity index (χ0v) is 27.3. The van der Waals surface area contributed by atoms with Gasteiger partial charge in [0.2, 0.25) is 0 Å². The minimum Gasteiger partial charge on any atom is -0.418 e. The summed E-state index contributed by atoms with van der Waals surface area (Å²) in [5.41, 5.74) is 5.30. The van der Waals surface area contributed by atoms with Crippen LogP contribution in [0.3, 0.4) is 0 Å². The van der Waals surface area contributed by atoms with E-state index in [4.69, 9.17) is 9.05 Å².